The zero-order valence-corrected chi connectivity index (χ0v) is 15.6. The average Bonchev–Trinajstić information content (AvgIpc) is 2.46. The van der Waals surface area contributed by atoms with Gasteiger partial charge in [0.1, 0.15) is 11.4 Å². The van der Waals surface area contributed by atoms with Gasteiger partial charge in [-0.3, -0.25) is 4.99 Å². The van der Waals surface area contributed by atoms with E-state index < -0.39 is 5.60 Å². The molecule has 0 aliphatic carbocycles. The SMILES string of the molecule is CN(Cc1ccc(C2=NCC(C)(C)CN2)cc1)C(=O)OC(C)(C)C. The number of amidine groups is 1. The molecule has 1 aromatic carbocycles. The molecule has 2 rings (SSSR count). The fourth-order valence-electron chi connectivity index (χ4n) is 2.37. The lowest BCUT2D eigenvalue weighted by Crippen LogP contribution is -2.41. The second-order valence-corrected chi connectivity index (χ2v) is 8.22. The van der Waals surface area contributed by atoms with Crippen LogP contribution < -0.4 is 5.32 Å². The van der Waals surface area contributed by atoms with Crippen LogP contribution in [0.15, 0.2) is 29.3 Å². The van der Waals surface area contributed by atoms with Crippen molar-refractivity contribution in [3.63, 3.8) is 0 Å². The zero-order valence-electron chi connectivity index (χ0n) is 15.6. The van der Waals surface area contributed by atoms with Gasteiger partial charge in [-0.2, -0.15) is 0 Å². The molecule has 0 aromatic heterocycles. The number of aliphatic imine (C=N–C) groups is 1. The smallest absolute Gasteiger partial charge is 0.410 e. The molecule has 1 amide bonds. The minimum Gasteiger partial charge on any atom is -0.444 e. The number of hydrogen-bond acceptors (Lipinski definition) is 4. The lowest BCUT2D eigenvalue weighted by molar-refractivity contribution is 0.0285. The number of nitrogens with one attached hydrogen (secondary N) is 1. The standard InChI is InChI=1S/C19H29N3O2/c1-18(2,3)24-17(23)22(6)11-14-7-9-15(10-8-14)16-20-12-19(4,5)13-21-16/h7-10H,11-13H2,1-6H3,(H,20,21). The Labute approximate surface area is 145 Å². The average molecular weight is 331 g/mol. The Kier molecular flexibility index (Phi) is 5.21. The van der Waals surface area contributed by atoms with E-state index in [1.807, 2.05) is 45.0 Å². The first-order valence-corrected chi connectivity index (χ1v) is 8.37. The number of hydrogen-bond donors (Lipinski definition) is 1. The van der Waals surface area contributed by atoms with Crippen molar-refractivity contribution in [2.24, 2.45) is 10.4 Å². The second kappa shape index (κ2) is 6.83. The number of carbonyl (C=O) groups is 1. The highest BCUT2D eigenvalue weighted by Crippen LogP contribution is 2.19. The Bertz CT molecular complexity index is 612. The van der Waals surface area contributed by atoms with Crippen molar-refractivity contribution in [1.82, 2.24) is 10.2 Å². The summed E-state index contributed by atoms with van der Waals surface area (Å²) < 4.78 is 5.37. The van der Waals surface area contributed by atoms with Gasteiger partial charge in [-0.25, -0.2) is 4.79 Å². The molecular weight excluding hydrogens is 302 g/mol. The first kappa shape index (κ1) is 18.3. The summed E-state index contributed by atoms with van der Waals surface area (Å²) in [7, 11) is 1.75. The van der Waals surface area contributed by atoms with Crippen LogP contribution in [-0.2, 0) is 11.3 Å². The molecule has 0 fully saturated rings. The highest BCUT2D eigenvalue weighted by Gasteiger charge is 2.23. The Morgan fingerprint density at radius 3 is 2.42 bits per heavy atom. The summed E-state index contributed by atoms with van der Waals surface area (Å²) in [6.45, 7) is 12.3. The summed E-state index contributed by atoms with van der Waals surface area (Å²) in [6, 6.07) is 8.14. The van der Waals surface area contributed by atoms with Crippen LogP contribution in [0, 0.1) is 5.41 Å². The molecule has 0 spiro atoms. The van der Waals surface area contributed by atoms with E-state index in [-0.39, 0.29) is 11.5 Å². The Hall–Kier alpha value is -2.04. The quantitative estimate of drug-likeness (QED) is 0.923. The molecule has 0 atom stereocenters. The molecule has 0 saturated heterocycles. The molecular formula is C19H29N3O2. The van der Waals surface area contributed by atoms with E-state index in [1.165, 1.54) is 0 Å². The highest BCUT2D eigenvalue weighted by molar-refractivity contribution is 5.99. The van der Waals surface area contributed by atoms with Crippen LogP contribution in [0.4, 0.5) is 4.79 Å². The Balaban J connectivity index is 1.97. The summed E-state index contributed by atoms with van der Waals surface area (Å²) in [4.78, 5) is 18.2. The van der Waals surface area contributed by atoms with Gasteiger partial charge in [-0.05, 0) is 26.3 Å². The summed E-state index contributed by atoms with van der Waals surface area (Å²) in [5.74, 6) is 0.946. The monoisotopic (exact) mass is 331 g/mol. The first-order chi connectivity index (χ1) is 11.1. The van der Waals surface area contributed by atoms with Crippen molar-refractivity contribution in [3.05, 3.63) is 35.4 Å². The summed E-state index contributed by atoms with van der Waals surface area (Å²) >= 11 is 0. The van der Waals surface area contributed by atoms with Crippen molar-refractivity contribution in [1.29, 1.82) is 0 Å². The minimum atomic E-state index is -0.478. The maximum Gasteiger partial charge on any atom is 0.410 e. The van der Waals surface area contributed by atoms with Crippen molar-refractivity contribution in [2.45, 2.75) is 46.8 Å². The summed E-state index contributed by atoms with van der Waals surface area (Å²) in [5.41, 5.74) is 1.87. The van der Waals surface area contributed by atoms with Crippen LogP contribution in [0.1, 0.15) is 45.7 Å². The molecule has 1 aliphatic rings. The van der Waals surface area contributed by atoms with Gasteiger partial charge >= 0.3 is 6.09 Å². The van der Waals surface area contributed by atoms with E-state index in [0.717, 1.165) is 30.1 Å². The van der Waals surface area contributed by atoms with Gasteiger partial charge in [-0.1, -0.05) is 38.1 Å². The lowest BCUT2D eigenvalue weighted by atomic mass is 9.92. The summed E-state index contributed by atoms with van der Waals surface area (Å²) in [6.07, 6.45) is -0.313. The Morgan fingerprint density at radius 1 is 1.29 bits per heavy atom. The van der Waals surface area contributed by atoms with Crippen LogP contribution in [-0.4, -0.2) is 42.6 Å². The van der Waals surface area contributed by atoms with Gasteiger partial charge in [0, 0.05) is 37.7 Å². The number of ether oxygens (including phenoxy) is 1. The fourth-order valence-corrected chi connectivity index (χ4v) is 2.37. The van der Waals surface area contributed by atoms with Crippen molar-refractivity contribution in [2.75, 3.05) is 20.1 Å². The third kappa shape index (κ3) is 5.25. The van der Waals surface area contributed by atoms with Crippen LogP contribution in [0.25, 0.3) is 0 Å². The van der Waals surface area contributed by atoms with E-state index >= 15 is 0 Å². The number of rotatable bonds is 3. The van der Waals surface area contributed by atoms with E-state index in [4.69, 9.17) is 4.74 Å². The zero-order chi connectivity index (χ0) is 18.0. The molecule has 1 aliphatic heterocycles. The molecule has 1 aromatic rings. The number of benzene rings is 1. The first-order valence-electron chi connectivity index (χ1n) is 8.37. The van der Waals surface area contributed by atoms with E-state index in [2.05, 4.69) is 24.2 Å². The van der Waals surface area contributed by atoms with Crippen molar-refractivity contribution < 1.29 is 9.53 Å². The molecule has 5 nitrogen and oxygen atoms in total. The number of nitrogens with zero attached hydrogens (tertiary/aromatic N) is 2. The van der Waals surface area contributed by atoms with Crippen LogP contribution in [0.5, 0.6) is 0 Å². The van der Waals surface area contributed by atoms with Crippen molar-refractivity contribution in [3.8, 4) is 0 Å². The van der Waals surface area contributed by atoms with E-state index in [1.54, 1.807) is 11.9 Å². The third-order valence-corrected chi connectivity index (χ3v) is 3.75. The predicted octanol–water partition coefficient (Wildman–Crippen LogP) is 3.43. The van der Waals surface area contributed by atoms with Gasteiger partial charge in [0.05, 0.1) is 0 Å². The fraction of sp³-hybridized carbons (Fsp3) is 0.579. The van der Waals surface area contributed by atoms with Gasteiger partial charge in [0.25, 0.3) is 0 Å². The highest BCUT2D eigenvalue weighted by atomic mass is 16.6. The van der Waals surface area contributed by atoms with Crippen molar-refractivity contribution >= 4 is 11.9 Å². The van der Waals surface area contributed by atoms with Crippen LogP contribution >= 0.6 is 0 Å². The van der Waals surface area contributed by atoms with Crippen LogP contribution in [0.3, 0.4) is 0 Å². The van der Waals surface area contributed by atoms with Crippen LogP contribution in [0.2, 0.25) is 0 Å². The molecule has 1 N–H and O–H groups in total. The molecule has 0 bridgehead atoms. The van der Waals surface area contributed by atoms with E-state index in [9.17, 15) is 4.79 Å². The molecule has 132 valence electrons. The van der Waals surface area contributed by atoms with Gasteiger partial charge in [0.15, 0.2) is 0 Å². The number of carbonyl (C=O) groups excluding carboxylic acids is 1. The molecule has 24 heavy (non-hydrogen) atoms. The van der Waals surface area contributed by atoms with Gasteiger partial charge in [0.2, 0.25) is 0 Å². The largest absolute Gasteiger partial charge is 0.444 e. The maximum absolute atomic E-state index is 12.0. The predicted molar refractivity (Wildman–Crippen MR) is 97.3 cm³/mol. The van der Waals surface area contributed by atoms with Gasteiger partial charge in [-0.15, -0.1) is 0 Å². The van der Waals surface area contributed by atoms with E-state index in [0.29, 0.717) is 6.54 Å². The molecule has 0 saturated carbocycles. The number of amides is 1. The third-order valence-electron chi connectivity index (χ3n) is 3.75. The Morgan fingerprint density at radius 2 is 1.92 bits per heavy atom. The second-order valence-electron chi connectivity index (χ2n) is 8.22. The molecule has 1 heterocycles. The van der Waals surface area contributed by atoms with Gasteiger partial charge < -0.3 is 15.0 Å². The maximum atomic E-state index is 12.0. The molecule has 0 unspecified atom stereocenters. The summed E-state index contributed by atoms with van der Waals surface area (Å²) in [5, 5.41) is 3.40. The normalized spacial score (nSPS) is 16.8. The lowest BCUT2D eigenvalue weighted by Gasteiger charge is -2.29. The molecule has 0 radical (unpaired) electrons. The topological polar surface area (TPSA) is 53.9 Å². The molecule has 5 heteroatoms. The minimum absolute atomic E-state index is 0.208.